The number of aromatic nitrogens is 1. The minimum atomic E-state index is -0.804. The van der Waals surface area contributed by atoms with Gasteiger partial charge in [0, 0.05) is 17.0 Å². The van der Waals surface area contributed by atoms with Crippen molar-refractivity contribution >= 4 is 22.9 Å². The van der Waals surface area contributed by atoms with Gasteiger partial charge in [0.1, 0.15) is 16.6 Å². The van der Waals surface area contributed by atoms with E-state index in [-0.39, 0.29) is 12.1 Å². The lowest BCUT2D eigenvalue weighted by Gasteiger charge is -2.05. The molecule has 0 saturated heterocycles. The lowest BCUT2D eigenvalue weighted by molar-refractivity contribution is -0.115. The number of carbonyl (C=O) groups excluding carboxylic acids is 1. The zero-order chi connectivity index (χ0) is 16.2. The molecule has 0 saturated carbocycles. The van der Waals surface area contributed by atoms with Crippen LogP contribution in [0.2, 0.25) is 0 Å². The van der Waals surface area contributed by atoms with Crippen LogP contribution in [0.5, 0.6) is 0 Å². The van der Waals surface area contributed by atoms with Gasteiger partial charge in [0.05, 0.1) is 17.8 Å². The Morgan fingerprint density at radius 3 is 2.65 bits per heavy atom. The molecule has 0 aliphatic carbocycles. The highest BCUT2D eigenvalue weighted by atomic mass is 32.1. The molecule has 1 amide bonds. The van der Waals surface area contributed by atoms with Crippen molar-refractivity contribution in [2.45, 2.75) is 6.42 Å². The maximum absolute atomic E-state index is 13.5. The molecule has 1 N–H and O–H groups in total. The van der Waals surface area contributed by atoms with Gasteiger partial charge in [-0.15, -0.1) is 11.3 Å². The number of amides is 1. The monoisotopic (exact) mass is 330 g/mol. The Hall–Kier alpha value is -2.60. The fraction of sp³-hybridized carbons (Fsp3) is 0.0588. The van der Waals surface area contributed by atoms with Gasteiger partial charge in [-0.3, -0.25) is 4.79 Å². The lowest BCUT2D eigenvalue weighted by atomic mass is 10.2. The number of halogens is 2. The number of thiazole rings is 1. The number of benzene rings is 2. The number of hydrogen-bond acceptors (Lipinski definition) is 3. The van der Waals surface area contributed by atoms with Crippen LogP contribution in [0, 0.1) is 11.6 Å². The summed E-state index contributed by atoms with van der Waals surface area (Å²) in [5.41, 5.74) is 1.54. The van der Waals surface area contributed by atoms with Crippen molar-refractivity contribution in [3.05, 3.63) is 71.2 Å². The summed E-state index contributed by atoms with van der Waals surface area (Å²) < 4.78 is 26.3. The molecule has 0 bridgehead atoms. The van der Waals surface area contributed by atoms with Crippen molar-refractivity contribution in [3.63, 3.8) is 0 Å². The lowest BCUT2D eigenvalue weighted by Crippen LogP contribution is -2.15. The molecule has 0 fully saturated rings. The second-order valence-corrected chi connectivity index (χ2v) is 5.72. The first-order valence-corrected chi connectivity index (χ1v) is 7.74. The normalized spacial score (nSPS) is 10.5. The molecule has 3 nitrogen and oxygen atoms in total. The first kappa shape index (κ1) is 15.3. The van der Waals surface area contributed by atoms with E-state index < -0.39 is 17.5 Å². The Morgan fingerprint density at radius 1 is 1.13 bits per heavy atom. The first-order valence-electron chi connectivity index (χ1n) is 6.86. The van der Waals surface area contributed by atoms with E-state index >= 15 is 0 Å². The molecule has 3 aromatic rings. The molecule has 1 heterocycles. The molecule has 116 valence electrons. The van der Waals surface area contributed by atoms with E-state index in [2.05, 4.69) is 10.3 Å². The summed E-state index contributed by atoms with van der Waals surface area (Å²) in [7, 11) is 0. The number of nitrogens with one attached hydrogen (secondary N) is 1. The average molecular weight is 330 g/mol. The minimum absolute atomic E-state index is 0.0279. The van der Waals surface area contributed by atoms with Crippen molar-refractivity contribution in [2.75, 3.05) is 5.32 Å². The summed E-state index contributed by atoms with van der Waals surface area (Å²) in [6.07, 6.45) is 0.0279. The van der Waals surface area contributed by atoms with E-state index in [1.54, 1.807) is 5.38 Å². The molecule has 0 spiro atoms. The molecular formula is C17H12F2N2OS. The molecule has 23 heavy (non-hydrogen) atoms. The summed E-state index contributed by atoms with van der Waals surface area (Å²) in [6, 6.07) is 12.6. The Morgan fingerprint density at radius 2 is 1.91 bits per heavy atom. The predicted molar refractivity (Wildman–Crippen MR) is 86.2 cm³/mol. The minimum Gasteiger partial charge on any atom is -0.323 e. The smallest absolute Gasteiger partial charge is 0.230 e. The van der Waals surface area contributed by atoms with Gasteiger partial charge >= 0.3 is 0 Å². The number of hydrogen-bond donors (Lipinski definition) is 1. The van der Waals surface area contributed by atoms with Crippen molar-refractivity contribution in [1.82, 2.24) is 4.98 Å². The van der Waals surface area contributed by atoms with Gasteiger partial charge in [0.15, 0.2) is 0 Å². The van der Waals surface area contributed by atoms with Crippen LogP contribution in [0.3, 0.4) is 0 Å². The maximum Gasteiger partial charge on any atom is 0.230 e. The maximum atomic E-state index is 13.5. The van der Waals surface area contributed by atoms with Gasteiger partial charge in [0.2, 0.25) is 5.91 Å². The summed E-state index contributed by atoms with van der Waals surface area (Å²) >= 11 is 1.44. The van der Waals surface area contributed by atoms with Crippen molar-refractivity contribution in [2.24, 2.45) is 0 Å². The molecule has 0 aliphatic heterocycles. The van der Waals surface area contributed by atoms with Crippen LogP contribution in [0.1, 0.15) is 5.69 Å². The van der Waals surface area contributed by atoms with Crippen molar-refractivity contribution in [3.8, 4) is 10.6 Å². The predicted octanol–water partition coefficient (Wildman–Crippen LogP) is 4.27. The molecule has 6 heteroatoms. The quantitative estimate of drug-likeness (QED) is 0.776. The van der Waals surface area contributed by atoms with Crippen LogP contribution >= 0.6 is 11.3 Å². The molecule has 0 aliphatic rings. The van der Waals surface area contributed by atoms with Crippen LogP contribution in [0.4, 0.5) is 14.5 Å². The summed E-state index contributed by atoms with van der Waals surface area (Å²) in [5, 5.41) is 5.03. The third-order valence-corrected chi connectivity index (χ3v) is 4.06. The molecule has 3 rings (SSSR count). The largest absolute Gasteiger partial charge is 0.323 e. The van der Waals surface area contributed by atoms with Gasteiger partial charge in [-0.2, -0.15) is 0 Å². The molecule has 0 unspecified atom stereocenters. The molecular weight excluding hydrogens is 318 g/mol. The van der Waals surface area contributed by atoms with Crippen LogP contribution < -0.4 is 5.32 Å². The van der Waals surface area contributed by atoms with Crippen molar-refractivity contribution in [1.29, 1.82) is 0 Å². The topological polar surface area (TPSA) is 42.0 Å². The standard InChI is InChI=1S/C17H12F2N2OS/c18-12-6-7-15(14(19)8-12)21-16(22)9-13-10-23-17(20-13)11-4-2-1-3-5-11/h1-8,10H,9H2,(H,21,22). The van der Waals surface area contributed by atoms with Crippen LogP contribution in [0.25, 0.3) is 10.6 Å². The first-order chi connectivity index (χ1) is 11.1. The Labute approximate surface area is 135 Å². The van der Waals surface area contributed by atoms with Gasteiger partial charge in [0.25, 0.3) is 0 Å². The summed E-state index contributed by atoms with van der Waals surface area (Å²) in [4.78, 5) is 16.4. The molecule has 2 aromatic carbocycles. The number of rotatable bonds is 4. The molecule has 0 radical (unpaired) electrons. The van der Waals surface area contributed by atoms with Crippen LogP contribution in [-0.4, -0.2) is 10.9 Å². The summed E-state index contributed by atoms with van der Waals surface area (Å²) in [6.45, 7) is 0. The van der Waals surface area contributed by atoms with E-state index in [1.165, 1.54) is 17.4 Å². The highest BCUT2D eigenvalue weighted by Gasteiger charge is 2.11. The third kappa shape index (κ3) is 3.78. The second kappa shape index (κ2) is 6.66. The third-order valence-electron chi connectivity index (χ3n) is 3.12. The number of anilines is 1. The van der Waals surface area contributed by atoms with Crippen LogP contribution in [0.15, 0.2) is 53.9 Å². The molecule has 1 aromatic heterocycles. The SMILES string of the molecule is O=C(Cc1csc(-c2ccccc2)n1)Nc1ccc(F)cc1F. The highest BCUT2D eigenvalue weighted by molar-refractivity contribution is 7.13. The average Bonchev–Trinajstić information content (AvgIpc) is 2.99. The highest BCUT2D eigenvalue weighted by Crippen LogP contribution is 2.23. The number of nitrogens with zero attached hydrogens (tertiary/aromatic N) is 1. The van der Waals surface area contributed by atoms with E-state index in [0.29, 0.717) is 5.69 Å². The van der Waals surface area contributed by atoms with E-state index in [0.717, 1.165) is 22.7 Å². The zero-order valence-corrected chi connectivity index (χ0v) is 12.7. The van der Waals surface area contributed by atoms with E-state index in [4.69, 9.17) is 0 Å². The second-order valence-electron chi connectivity index (χ2n) is 4.86. The fourth-order valence-electron chi connectivity index (χ4n) is 2.05. The fourth-order valence-corrected chi connectivity index (χ4v) is 2.88. The van der Waals surface area contributed by atoms with Crippen molar-refractivity contribution < 1.29 is 13.6 Å². The van der Waals surface area contributed by atoms with Gasteiger partial charge in [-0.05, 0) is 12.1 Å². The van der Waals surface area contributed by atoms with Gasteiger partial charge in [-0.25, -0.2) is 13.8 Å². The Bertz CT molecular complexity index is 834. The van der Waals surface area contributed by atoms with Crippen LogP contribution in [-0.2, 0) is 11.2 Å². The van der Waals surface area contributed by atoms with E-state index in [1.807, 2.05) is 30.3 Å². The van der Waals surface area contributed by atoms with E-state index in [9.17, 15) is 13.6 Å². The molecule has 0 atom stereocenters. The van der Waals surface area contributed by atoms with Gasteiger partial charge in [-0.1, -0.05) is 30.3 Å². The summed E-state index contributed by atoms with van der Waals surface area (Å²) in [5.74, 6) is -1.89. The number of carbonyl (C=O) groups is 1. The van der Waals surface area contributed by atoms with Gasteiger partial charge < -0.3 is 5.32 Å². The Kier molecular flexibility index (Phi) is 4.43. The zero-order valence-electron chi connectivity index (χ0n) is 11.9. The Balaban J connectivity index is 1.68.